The van der Waals surface area contributed by atoms with Gasteiger partial charge in [0.1, 0.15) is 5.01 Å². The number of hydrogen-bond donors (Lipinski definition) is 1. The normalized spacial score (nSPS) is 17.9. The topological polar surface area (TPSA) is 110 Å². The molecule has 51 heavy (non-hydrogen) atoms. The number of carboxylic acids is 1. The first-order valence-corrected chi connectivity index (χ1v) is 18.6. The number of halogens is 1. The quantitative estimate of drug-likeness (QED) is 0.170. The van der Waals surface area contributed by atoms with Crippen LogP contribution in [0.1, 0.15) is 68.9 Å². The van der Waals surface area contributed by atoms with Crippen LogP contribution in [0.25, 0.3) is 42.8 Å². The fraction of sp³-hybridized carbons (Fsp3) is 0.436. The van der Waals surface area contributed by atoms with Gasteiger partial charge in [0.2, 0.25) is 0 Å². The van der Waals surface area contributed by atoms with Gasteiger partial charge in [-0.25, -0.2) is 14.6 Å². The summed E-state index contributed by atoms with van der Waals surface area (Å²) in [5.74, 6) is -0.718. The van der Waals surface area contributed by atoms with Crippen molar-refractivity contribution in [1.82, 2.24) is 24.6 Å². The van der Waals surface area contributed by atoms with Crippen LogP contribution in [0.3, 0.4) is 0 Å². The summed E-state index contributed by atoms with van der Waals surface area (Å²) in [7, 11) is 3.44. The van der Waals surface area contributed by atoms with Crippen LogP contribution in [-0.4, -0.2) is 86.7 Å². The SMILES string of the molecule is COC(=O)N1CC[C@H]1CN1CCC(c2nn(C)c3ccc(-c4nc5cc(C)c(C(OC(C)(C)C)C(=O)O)c(-c6ccc(Cl)cc6)c5s4)cc23)CC1. The second-order valence-corrected chi connectivity index (χ2v) is 16.2. The zero-order valence-electron chi connectivity index (χ0n) is 29.9. The lowest BCUT2D eigenvalue weighted by molar-refractivity contribution is -0.160. The number of likely N-dealkylation sites (tertiary alicyclic amines) is 2. The van der Waals surface area contributed by atoms with Gasteiger partial charge in [-0.05, 0) is 108 Å². The molecule has 268 valence electrons. The Kier molecular flexibility index (Phi) is 9.60. The number of carboxylic acid groups (broad SMARTS) is 1. The number of thiazole rings is 1. The van der Waals surface area contributed by atoms with Gasteiger partial charge in [-0.15, -0.1) is 11.3 Å². The summed E-state index contributed by atoms with van der Waals surface area (Å²) >= 11 is 7.85. The van der Waals surface area contributed by atoms with Crippen molar-refractivity contribution in [2.45, 2.75) is 70.6 Å². The van der Waals surface area contributed by atoms with Crippen LogP contribution in [0.2, 0.25) is 5.02 Å². The van der Waals surface area contributed by atoms with Gasteiger partial charge in [-0.3, -0.25) is 4.68 Å². The van der Waals surface area contributed by atoms with Gasteiger partial charge in [-0.2, -0.15) is 5.10 Å². The number of aromatic nitrogens is 3. The number of amides is 1. The first kappa shape index (κ1) is 35.4. The third-order valence-electron chi connectivity index (χ3n) is 10.1. The summed E-state index contributed by atoms with van der Waals surface area (Å²) in [4.78, 5) is 34.2. The smallest absolute Gasteiger partial charge is 0.409 e. The monoisotopic (exact) mass is 729 g/mol. The first-order chi connectivity index (χ1) is 24.3. The summed E-state index contributed by atoms with van der Waals surface area (Å²) in [6.45, 7) is 11.1. The fourth-order valence-electron chi connectivity index (χ4n) is 7.56. The lowest BCUT2D eigenvalue weighted by Crippen LogP contribution is -2.56. The van der Waals surface area contributed by atoms with Crippen molar-refractivity contribution in [2.24, 2.45) is 7.05 Å². The van der Waals surface area contributed by atoms with E-state index in [1.54, 1.807) is 11.3 Å². The highest BCUT2D eigenvalue weighted by molar-refractivity contribution is 7.22. The van der Waals surface area contributed by atoms with Crippen molar-refractivity contribution in [1.29, 1.82) is 0 Å². The van der Waals surface area contributed by atoms with Gasteiger partial charge in [0, 0.05) is 59.2 Å². The largest absolute Gasteiger partial charge is 0.479 e. The number of aliphatic carboxylic acids is 1. The Morgan fingerprint density at radius 3 is 2.37 bits per heavy atom. The maximum absolute atomic E-state index is 12.8. The summed E-state index contributed by atoms with van der Waals surface area (Å²) < 4.78 is 14.0. The average Bonchev–Trinajstić information content (AvgIpc) is 3.65. The third-order valence-corrected chi connectivity index (χ3v) is 11.5. The highest BCUT2D eigenvalue weighted by Gasteiger charge is 2.36. The molecule has 0 radical (unpaired) electrons. The molecule has 1 amide bonds. The zero-order valence-corrected chi connectivity index (χ0v) is 31.5. The number of ether oxygens (including phenoxy) is 2. The minimum atomic E-state index is -1.17. The number of carbonyl (C=O) groups is 2. The molecule has 10 nitrogen and oxygen atoms in total. The van der Waals surface area contributed by atoms with Crippen LogP contribution >= 0.6 is 22.9 Å². The number of fused-ring (bicyclic) bond motifs is 2. The number of rotatable bonds is 8. The summed E-state index contributed by atoms with van der Waals surface area (Å²) in [5.41, 5.74) is 6.37. The third kappa shape index (κ3) is 6.96. The molecular weight excluding hydrogens is 686 g/mol. The zero-order chi connectivity index (χ0) is 36.2. The van der Waals surface area contributed by atoms with Crippen molar-refractivity contribution in [2.75, 3.05) is 33.3 Å². The van der Waals surface area contributed by atoms with Crippen molar-refractivity contribution < 1.29 is 24.2 Å². The fourth-order valence-corrected chi connectivity index (χ4v) is 8.81. The van der Waals surface area contributed by atoms with Crippen LogP contribution in [0.4, 0.5) is 4.79 Å². The Balaban J connectivity index is 1.23. The van der Waals surface area contributed by atoms with E-state index >= 15 is 0 Å². The van der Waals surface area contributed by atoms with Crippen LogP contribution in [0.15, 0.2) is 48.5 Å². The van der Waals surface area contributed by atoms with Crippen LogP contribution in [0.5, 0.6) is 0 Å². The lowest BCUT2D eigenvalue weighted by Gasteiger charge is -2.43. The molecule has 0 spiro atoms. The molecule has 0 saturated carbocycles. The molecule has 2 atom stereocenters. The predicted octanol–water partition coefficient (Wildman–Crippen LogP) is 8.44. The molecule has 2 aromatic heterocycles. The van der Waals surface area contributed by atoms with Crippen LogP contribution in [0, 0.1) is 6.92 Å². The Bertz CT molecular complexity index is 2110. The molecule has 2 saturated heterocycles. The number of nitrogens with zero attached hydrogens (tertiary/aromatic N) is 5. The first-order valence-electron chi connectivity index (χ1n) is 17.5. The maximum atomic E-state index is 12.8. The molecule has 3 aromatic carbocycles. The number of aryl methyl sites for hydroxylation is 2. The molecule has 7 rings (SSSR count). The van der Waals surface area contributed by atoms with E-state index in [1.165, 1.54) is 7.11 Å². The van der Waals surface area contributed by atoms with Crippen LogP contribution < -0.4 is 0 Å². The molecule has 2 fully saturated rings. The standard InChI is InChI=1S/C39H44ClN5O5S/c1-22-19-29-35(32(23-7-10-26(40)11-8-23)31(22)34(37(46)47)50-39(2,3)4)51-36(41-29)25-9-12-30-28(20-25)33(42-43(30)5)24-13-16-44(17-14-24)21-27-15-18-45(27)38(48)49-6/h7-12,19-20,24,27,34H,13-18,21H2,1-6H3,(H,46,47)/t27-,34?/m0/s1. The van der Waals surface area contributed by atoms with Gasteiger partial charge in [0.25, 0.3) is 0 Å². The van der Waals surface area contributed by atoms with Gasteiger partial charge < -0.3 is 24.4 Å². The predicted molar refractivity (Wildman–Crippen MR) is 202 cm³/mol. The molecule has 1 unspecified atom stereocenters. The molecule has 2 aliphatic rings. The van der Waals surface area contributed by atoms with E-state index < -0.39 is 17.7 Å². The second-order valence-electron chi connectivity index (χ2n) is 14.7. The second kappa shape index (κ2) is 13.8. The Hall–Kier alpha value is -4.03. The van der Waals surface area contributed by atoms with Crippen LogP contribution in [-0.2, 0) is 21.3 Å². The number of benzene rings is 3. The summed E-state index contributed by atoms with van der Waals surface area (Å²) in [6.07, 6.45) is 1.60. The van der Waals surface area contributed by atoms with E-state index in [0.29, 0.717) is 16.5 Å². The van der Waals surface area contributed by atoms with Gasteiger partial charge in [0.05, 0.1) is 34.1 Å². The Labute approximate surface area is 306 Å². The molecule has 4 heterocycles. The molecule has 5 aromatic rings. The molecule has 0 aliphatic carbocycles. The van der Waals surface area contributed by atoms with Gasteiger partial charge in [0.15, 0.2) is 6.10 Å². The van der Waals surface area contributed by atoms with E-state index in [4.69, 9.17) is 31.2 Å². The average molecular weight is 730 g/mol. The molecule has 0 bridgehead atoms. The van der Waals surface area contributed by atoms with E-state index in [0.717, 1.165) is 99.5 Å². The number of hydrogen-bond acceptors (Lipinski definition) is 8. The van der Waals surface area contributed by atoms with E-state index in [2.05, 4.69) is 23.1 Å². The number of carbonyl (C=O) groups excluding carboxylic acids is 1. The molecule has 1 N–H and O–H groups in total. The Morgan fingerprint density at radius 1 is 1.04 bits per heavy atom. The highest BCUT2D eigenvalue weighted by Crippen LogP contribution is 2.45. The molecular formula is C39H44ClN5O5S. The van der Waals surface area contributed by atoms with Crippen molar-refractivity contribution in [3.05, 3.63) is 70.4 Å². The minimum absolute atomic E-state index is 0.224. The number of piperidine rings is 1. The van der Waals surface area contributed by atoms with Crippen molar-refractivity contribution >= 4 is 56.1 Å². The number of methoxy groups -OCH3 is 1. The lowest BCUT2D eigenvalue weighted by atomic mass is 9.90. The maximum Gasteiger partial charge on any atom is 0.409 e. The van der Waals surface area contributed by atoms with Gasteiger partial charge >= 0.3 is 12.1 Å². The van der Waals surface area contributed by atoms with Crippen molar-refractivity contribution in [3.63, 3.8) is 0 Å². The van der Waals surface area contributed by atoms with E-state index in [1.807, 2.05) is 74.7 Å². The summed E-state index contributed by atoms with van der Waals surface area (Å²) in [5, 5.41) is 18.1. The summed E-state index contributed by atoms with van der Waals surface area (Å²) in [6, 6.07) is 16.1. The molecule has 12 heteroatoms. The van der Waals surface area contributed by atoms with Gasteiger partial charge in [-0.1, -0.05) is 23.7 Å². The highest BCUT2D eigenvalue weighted by atomic mass is 35.5. The minimum Gasteiger partial charge on any atom is -0.479 e. The molecule has 2 aliphatic heterocycles. The van der Waals surface area contributed by atoms with E-state index in [9.17, 15) is 14.7 Å². The Morgan fingerprint density at radius 2 is 1.75 bits per heavy atom. The van der Waals surface area contributed by atoms with E-state index in [-0.39, 0.29) is 12.1 Å². The van der Waals surface area contributed by atoms with Crippen molar-refractivity contribution in [3.8, 4) is 21.7 Å².